The van der Waals surface area contributed by atoms with E-state index in [-0.39, 0.29) is 0 Å². The molecule has 0 amide bonds. The molecule has 0 spiro atoms. The molecular formula is C16H13NOS2. The molecule has 100 valence electrons. The topological polar surface area (TPSA) is 32.6 Å². The molecule has 0 bridgehead atoms. The lowest BCUT2D eigenvalue weighted by atomic mass is 10.2. The van der Waals surface area contributed by atoms with Crippen LogP contribution in [0.3, 0.4) is 0 Å². The number of rotatable bonds is 3. The van der Waals surface area contributed by atoms with Crippen molar-refractivity contribution in [1.82, 2.24) is 0 Å². The minimum absolute atomic E-state index is 0.316. The van der Waals surface area contributed by atoms with E-state index < -0.39 is 0 Å². The molecule has 0 aliphatic carbocycles. The summed E-state index contributed by atoms with van der Waals surface area (Å²) in [6.45, 7) is 0. The maximum Gasteiger partial charge on any atom is 0.142 e. The average Bonchev–Trinajstić information content (AvgIpc) is 2.82. The quantitative estimate of drug-likeness (QED) is 0.540. The number of hydrogen-bond acceptors (Lipinski definition) is 4. The number of benzene rings is 2. The Bertz CT molecular complexity index is 777. The van der Waals surface area contributed by atoms with Crippen LogP contribution in [-0.4, -0.2) is 17.6 Å². The van der Waals surface area contributed by atoms with Gasteiger partial charge < -0.3 is 5.11 Å². The second kappa shape index (κ2) is 5.69. The third kappa shape index (κ3) is 2.44. The molecule has 0 saturated heterocycles. The van der Waals surface area contributed by atoms with E-state index in [1.807, 2.05) is 54.8 Å². The van der Waals surface area contributed by atoms with Gasteiger partial charge in [0.2, 0.25) is 0 Å². The molecule has 0 saturated carbocycles. The fraction of sp³-hybridized carbons (Fsp3) is 0.0625. The molecule has 3 aromatic rings. The monoisotopic (exact) mass is 299 g/mol. The molecule has 4 heteroatoms. The number of fused-ring (bicyclic) bond motifs is 1. The van der Waals surface area contributed by atoms with Crippen molar-refractivity contribution in [3.63, 3.8) is 0 Å². The number of nitrogens with zero attached hydrogens (tertiary/aromatic N) is 1. The zero-order valence-electron chi connectivity index (χ0n) is 10.9. The van der Waals surface area contributed by atoms with Gasteiger partial charge in [-0.25, -0.2) is 0 Å². The first-order valence-corrected chi connectivity index (χ1v) is 8.21. The van der Waals surface area contributed by atoms with Gasteiger partial charge in [-0.15, -0.1) is 23.1 Å². The molecule has 0 radical (unpaired) electrons. The zero-order valence-corrected chi connectivity index (χ0v) is 12.5. The number of aliphatic imine (C=N–C) groups is 1. The highest BCUT2D eigenvalue weighted by Gasteiger charge is 2.08. The highest BCUT2D eigenvalue weighted by Crippen LogP contribution is 2.36. The molecule has 0 unspecified atom stereocenters. The summed E-state index contributed by atoms with van der Waals surface area (Å²) in [5.41, 5.74) is 0.928. The van der Waals surface area contributed by atoms with Gasteiger partial charge >= 0.3 is 0 Å². The van der Waals surface area contributed by atoms with Crippen LogP contribution in [0.1, 0.15) is 4.88 Å². The smallest absolute Gasteiger partial charge is 0.142 e. The standard InChI is InChI=1S/C16H13NOS2/c1-19-14-9-5-3-7-12(14)17-10-15-16(18)11-6-2-4-8-13(11)20-15/h2-10,18H,1H3. The van der Waals surface area contributed by atoms with Crippen molar-refractivity contribution in [3.05, 3.63) is 53.4 Å². The van der Waals surface area contributed by atoms with Gasteiger partial charge in [-0.05, 0) is 30.5 Å². The SMILES string of the molecule is CSc1ccccc1N=Cc1sc2ccccc2c1O. The van der Waals surface area contributed by atoms with E-state index in [1.54, 1.807) is 29.3 Å². The number of thioether (sulfide) groups is 1. The first kappa shape index (κ1) is 13.2. The minimum atomic E-state index is 0.316. The maximum atomic E-state index is 10.2. The van der Waals surface area contributed by atoms with Crippen LogP contribution in [0.15, 0.2) is 58.4 Å². The molecule has 0 aliphatic heterocycles. The summed E-state index contributed by atoms with van der Waals surface area (Å²) < 4.78 is 1.07. The summed E-state index contributed by atoms with van der Waals surface area (Å²) in [7, 11) is 0. The number of hydrogen-bond donors (Lipinski definition) is 1. The first-order valence-electron chi connectivity index (χ1n) is 6.17. The van der Waals surface area contributed by atoms with Crippen LogP contribution < -0.4 is 0 Å². The molecule has 2 aromatic carbocycles. The molecule has 20 heavy (non-hydrogen) atoms. The lowest BCUT2D eigenvalue weighted by Gasteiger charge is -2.00. The van der Waals surface area contributed by atoms with E-state index in [1.165, 1.54) is 0 Å². The van der Waals surface area contributed by atoms with E-state index in [0.717, 1.165) is 25.5 Å². The van der Waals surface area contributed by atoms with Gasteiger partial charge in [-0.3, -0.25) is 4.99 Å². The van der Waals surface area contributed by atoms with Gasteiger partial charge in [0.15, 0.2) is 0 Å². The van der Waals surface area contributed by atoms with Crippen molar-refractivity contribution in [2.75, 3.05) is 6.26 Å². The van der Waals surface area contributed by atoms with Crippen LogP contribution in [0.4, 0.5) is 5.69 Å². The van der Waals surface area contributed by atoms with Crippen molar-refractivity contribution in [2.24, 2.45) is 4.99 Å². The summed E-state index contributed by atoms with van der Waals surface area (Å²) in [6, 6.07) is 15.8. The maximum absolute atomic E-state index is 10.2. The highest BCUT2D eigenvalue weighted by atomic mass is 32.2. The predicted molar refractivity (Wildman–Crippen MR) is 89.0 cm³/mol. The third-order valence-corrected chi connectivity index (χ3v) is 4.88. The Morgan fingerprint density at radius 3 is 2.65 bits per heavy atom. The molecule has 3 rings (SSSR count). The molecular weight excluding hydrogens is 286 g/mol. The molecule has 0 fully saturated rings. The largest absolute Gasteiger partial charge is 0.506 e. The zero-order chi connectivity index (χ0) is 13.9. The van der Waals surface area contributed by atoms with Crippen LogP contribution >= 0.6 is 23.1 Å². The van der Waals surface area contributed by atoms with Crippen LogP contribution in [-0.2, 0) is 0 Å². The third-order valence-electron chi connectivity index (χ3n) is 3.00. The van der Waals surface area contributed by atoms with E-state index in [2.05, 4.69) is 4.99 Å². The Kier molecular flexibility index (Phi) is 3.76. The Labute approximate surface area is 125 Å². The minimum Gasteiger partial charge on any atom is -0.506 e. The van der Waals surface area contributed by atoms with E-state index in [9.17, 15) is 5.11 Å². The molecule has 0 atom stereocenters. The Morgan fingerprint density at radius 2 is 1.85 bits per heavy atom. The Hall–Kier alpha value is -1.78. The van der Waals surface area contributed by atoms with Crippen molar-refractivity contribution >= 4 is 45.1 Å². The van der Waals surface area contributed by atoms with Gasteiger partial charge in [0.1, 0.15) is 5.75 Å². The van der Waals surface area contributed by atoms with Crippen molar-refractivity contribution in [3.8, 4) is 5.75 Å². The fourth-order valence-corrected chi connectivity index (χ4v) is 3.52. The van der Waals surface area contributed by atoms with Crippen LogP contribution in [0.2, 0.25) is 0 Å². The van der Waals surface area contributed by atoms with Gasteiger partial charge in [0.05, 0.1) is 10.6 Å². The molecule has 0 aliphatic rings. The summed E-state index contributed by atoms with van der Waals surface area (Å²) >= 11 is 3.22. The summed E-state index contributed by atoms with van der Waals surface area (Å²) in [5.74, 6) is 0.316. The van der Waals surface area contributed by atoms with Crippen LogP contribution in [0, 0.1) is 0 Å². The van der Waals surface area contributed by atoms with Crippen LogP contribution in [0.25, 0.3) is 10.1 Å². The number of para-hydroxylation sites is 1. The normalized spacial score (nSPS) is 11.4. The van der Waals surface area contributed by atoms with Crippen molar-refractivity contribution < 1.29 is 5.11 Å². The first-order chi connectivity index (χ1) is 9.79. The Balaban J connectivity index is 2.00. The number of aromatic hydroxyl groups is 1. The van der Waals surface area contributed by atoms with E-state index in [0.29, 0.717) is 5.75 Å². The van der Waals surface area contributed by atoms with Crippen LogP contribution in [0.5, 0.6) is 5.75 Å². The molecule has 1 heterocycles. The van der Waals surface area contributed by atoms with Crippen molar-refractivity contribution in [1.29, 1.82) is 0 Å². The predicted octanol–water partition coefficient (Wildman–Crippen LogP) is 5.08. The second-order valence-corrected chi connectivity index (χ2v) is 6.17. The number of thiophene rings is 1. The lowest BCUT2D eigenvalue weighted by Crippen LogP contribution is -1.76. The Morgan fingerprint density at radius 1 is 1.10 bits per heavy atom. The highest BCUT2D eigenvalue weighted by molar-refractivity contribution is 7.98. The average molecular weight is 299 g/mol. The molecule has 2 nitrogen and oxygen atoms in total. The lowest BCUT2D eigenvalue weighted by molar-refractivity contribution is 0.483. The van der Waals surface area contributed by atoms with Gasteiger partial charge in [0, 0.05) is 21.2 Å². The summed E-state index contributed by atoms with van der Waals surface area (Å²) in [5, 5.41) is 11.1. The van der Waals surface area contributed by atoms with Crippen molar-refractivity contribution in [2.45, 2.75) is 4.90 Å². The van der Waals surface area contributed by atoms with E-state index >= 15 is 0 Å². The summed E-state index contributed by atoms with van der Waals surface area (Å²) in [4.78, 5) is 6.43. The van der Waals surface area contributed by atoms with Gasteiger partial charge in [-0.1, -0.05) is 24.3 Å². The van der Waals surface area contributed by atoms with Gasteiger partial charge in [0.25, 0.3) is 0 Å². The fourth-order valence-electron chi connectivity index (χ4n) is 2.00. The summed E-state index contributed by atoms with van der Waals surface area (Å²) in [6.07, 6.45) is 3.78. The second-order valence-electron chi connectivity index (χ2n) is 4.24. The molecule has 1 N–H and O–H groups in total. The molecule has 1 aromatic heterocycles. The van der Waals surface area contributed by atoms with E-state index in [4.69, 9.17) is 0 Å². The van der Waals surface area contributed by atoms with Gasteiger partial charge in [-0.2, -0.15) is 0 Å².